The van der Waals surface area contributed by atoms with Crippen molar-refractivity contribution < 1.29 is 14.3 Å². The Morgan fingerprint density at radius 3 is 2.77 bits per heavy atom. The van der Waals surface area contributed by atoms with Crippen molar-refractivity contribution in [3.05, 3.63) is 53.9 Å². The van der Waals surface area contributed by atoms with E-state index >= 15 is 0 Å². The summed E-state index contributed by atoms with van der Waals surface area (Å²) in [6, 6.07) is 15.6. The van der Waals surface area contributed by atoms with Crippen molar-refractivity contribution in [1.82, 2.24) is 10.3 Å². The van der Waals surface area contributed by atoms with Gasteiger partial charge in [-0.25, -0.2) is 4.98 Å². The van der Waals surface area contributed by atoms with Gasteiger partial charge >= 0.3 is 0 Å². The van der Waals surface area contributed by atoms with Gasteiger partial charge in [0.25, 0.3) is 5.91 Å². The molecule has 1 N–H and O–H groups in total. The molecule has 4 rings (SSSR count). The Morgan fingerprint density at radius 2 is 2.00 bits per heavy atom. The van der Waals surface area contributed by atoms with Gasteiger partial charge in [-0.3, -0.25) is 14.5 Å². The Bertz CT molecular complexity index is 1060. The molecule has 1 aromatic heterocycles. The average molecular weight is 422 g/mol. The van der Waals surface area contributed by atoms with Gasteiger partial charge in [-0.15, -0.1) is 11.3 Å². The highest BCUT2D eigenvalue weighted by Gasteiger charge is 2.33. The first-order valence-corrected chi connectivity index (χ1v) is 10.8. The fourth-order valence-corrected chi connectivity index (χ4v) is 4.15. The van der Waals surface area contributed by atoms with Gasteiger partial charge in [0.05, 0.1) is 11.4 Å². The second kappa shape index (κ2) is 8.67. The van der Waals surface area contributed by atoms with Crippen LogP contribution < -0.4 is 15.0 Å². The molecule has 0 saturated heterocycles. The summed E-state index contributed by atoms with van der Waals surface area (Å²) >= 11 is 1.57. The van der Waals surface area contributed by atoms with Crippen LogP contribution in [0.15, 0.2) is 53.9 Å². The van der Waals surface area contributed by atoms with E-state index < -0.39 is 6.10 Å². The summed E-state index contributed by atoms with van der Waals surface area (Å²) < 4.78 is 5.76. The molecule has 2 heterocycles. The molecule has 1 aliphatic heterocycles. The zero-order valence-corrected chi connectivity index (χ0v) is 17.7. The number of aromatic nitrogens is 1. The Balaban J connectivity index is 1.65. The second-order valence-corrected chi connectivity index (χ2v) is 7.98. The molecule has 0 aliphatic carbocycles. The number of fused-ring (bicyclic) bond motifs is 1. The molecule has 154 valence electrons. The van der Waals surface area contributed by atoms with Gasteiger partial charge in [0.15, 0.2) is 6.10 Å². The SMILES string of the molecule is CCCNC(=O)CN1C(=O)C(C)Oc2ccc(-c3csc(-c4ccccc4)n3)cc21. The number of carbonyl (C=O) groups excluding carboxylic acids is 2. The lowest BCUT2D eigenvalue weighted by molar-refractivity contribution is -0.128. The van der Waals surface area contributed by atoms with Crippen LogP contribution >= 0.6 is 11.3 Å². The molecular formula is C23H23N3O3S. The zero-order valence-electron chi connectivity index (χ0n) is 16.9. The van der Waals surface area contributed by atoms with Crippen LogP contribution in [0.3, 0.4) is 0 Å². The fraction of sp³-hybridized carbons (Fsp3) is 0.261. The van der Waals surface area contributed by atoms with E-state index in [-0.39, 0.29) is 18.4 Å². The van der Waals surface area contributed by atoms with Crippen LogP contribution in [0.1, 0.15) is 20.3 Å². The van der Waals surface area contributed by atoms with E-state index in [0.717, 1.165) is 28.2 Å². The summed E-state index contributed by atoms with van der Waals surface area (Å²) in [5, 5.41) is 5.76. The minimum absolute atomic E-state index is 0.0324. The lowest BCUT2D eigenvalue weighted by Gasteiger charge is -2.32. The number of amides is 2. The van der Waals surface area contributed by atoms with Gasteiger partial charge < -0.3 is 10.1 Å². The van der Waals surface area contributed by atoms with Crippen LogP contribution in [0.2, 0.25) is 0 Å². The van der Waals surface area contributed by atoms with E-state index in [1.54, 1.807) is 18.3 Å². The second-order valence-electron chi connectivity index (χ2n) is 7.12. The number of nitrogens with one attached hydrogen (secondary N) is 1. The van der Waals surface area contributed by atoms with Crippen LogP contribution in [0.25, 0.3) is 21.8 Å². The Morgan fingerprint density at radius 1 is 1.20 bits per heavy atom. The van der Waals surface area contributed by atoms with Crippen LogP contribution in [-0.2, 0) is 9.59 Å². The number of nitrogens with zero attached hydrogens (tertiary/aromatic N) is 2. The first-order chi connectivity index (χ1) is 14.6. The molecular weight excluding hydrogens is 398 g/mol. The third-order valence-electron chi connectivity index (χ3n) is 4.86. The van der Waals surface area contributed by atoms with Gasteiger partial charge in [-0.05, 0) is 31.5 Å². The number of anilines is 1. The third kappa shape index (κ3) is 4.07. The smallest absolute Gasteiger partial charge is 0.268 e. The van der Waals surface area contributed by atoms with E-state index in [1.807, 2.05) is 60.8 Å². The monoisotopic (exact) mass is 421 g/mol. The number of benzene rings is 2. The van der Waals surface area contributed by atoms with Gasteiger partial charge in [0.1, 0.15) is 17.3 Å². The highest BCUT2D eigenvalue weighted by molar-refractivity contribution is 7.13. The van der Waals surface area contributed by atoms with Crippen molar-refractivity contribution in [3.8, 4) is 27.6 Å². The van der Waals surface area contributed by atoms with Crippen molar-refractivity contribution in [1.29, 1.82) is 0 Å². The molecule has 0 saturated carbocycles. The topological polar surface area (TPSA) is 71.5 Å². The summed E-state index contributed by atoms with van der Waals surface area (Å²) in [4.78, 5) is 31.3. The molecule has 0 bridgehead atoms. The molecule has 0 fully saturated rings. The fourth-order valence-electron chi connectivity index (χ4n) is 3.31. The first kappa shape index (κ1) is 20.1. The molecule has 7 heteroatoms. The Hall–Kier alpha value is -3.19. The van der Waals surface area contributed by atoms with Crippen molar-refractivity contribution in [3.63, 3.8) is 0 Å². The summed E-state index contributed by atoms with van der Waals surface area (Å²) in [6.45, 7) is 4.24. The van der Waals surface area contributed by atoms with Gasteiger partial charge in [0.2, 0.25) is 5.91 Å². The molecule has 0 spiro atoms. The van der Waals surface area contributed by atoms with Gasteiger partial charge in [-0.2, -0.15) is 0 Å². The minimum Gasteiger partial charge on any atom is -0.479 e. The van der Waals surface area contributed by atoms with Crippen LogP contribution in [0.5, 0.6) is 5.75 Å². The van der Waals surface area contributed by atoms with Gasteiger partial charge in [-0.1, -0.05) is 37.3 Å². The maximum atomic E-state index is 12.7. The predicted octanol–water partition coefficient (Wildman–Crippen LogP) is 4.12. The van der Waals surface area contributed by atoms with Crippen LogP contribution in [0, 0.1) is 0 Å². The molecule has 1 atom stereocenters. The molecule has 3 aromatic rings. The predicted molar refractivity (Wildman–Crippen MR) is 119 cm³/mol. The molecule has 2 amide bonds. The Labute approximate surface area is 179 Å². The third-order valence-corrected chi connectivity index (χ3v) is 5.75. The lowest BCUT2D eigenvalue weighted by Crippen LogP contribution is -2.48. The average Bonchev–Trinajstić information content (AvgIpc) is 3.26. The van der Waals surface area contributed by atoms with Crippen LogP contribution in [0.4, 0.5) is 5.69 Å². The van der Waals surface area contributed by atoms with E-state index in [4.69, 9.17) is 9.72 Å². The molecule has 0 radical (unpaired) electrons. The highest BCUT2D eigenvalue weighted by atomic mass is 32.1. The van der Waals surface area contributed by atoms with E-state index in [2.05, 4.69) is 5.32 Å². The number of hydrogen-bond donors (Lipinski definition) is 1. The molecule has 1 aliphatic rings. The van der Waals surface area contributed by atoms with E-state index in [0.29, 0.717) is 18.0 Å². The van der Waals surface area contributed by atoms with Crippen molar-refractivity contribution >= 4 is 28.8 Å². The number of hydrogen-bond acceptors (Lipinski definition) is 5. The largest absolute Gasteiger partial charge is 0.479 e. The zero-order chi connectivity index (χ0) is 21.1. The van der Waals surface area contributed by atoms with Crippen molar-refractivity contribution in [2.45, 2.75) is 26.4 Å². The molecule has 2 aromatic carbocycles. The maximum absolute atomic E-state index is 12.7. The maximum Gasteiger partial charge on any atom is 0.268 e. The normalized spacial score (nSPS) is 15.5. The molecule has 1 unspecified atom stereocenters. The summed E-state index contributed by atoms with van der Waals surface area (Å²) in [6.07, 6.45) is 0.208. The van der Waals surface area contributed by atoms with Crippen molar-refractivity contribution in [2.24, 2.45) is 0 Å². The number of carbonyl (C=O) groups is 2. The van der Waals surface area contributed by atoms with E-state index in [9.17, 15) is 9.59 Å². The first-order valence-electron chi connectivity index (χ1n) is 9.97. The molecule has 6 nitrogen and oxygen atoms in total. The molecule has 30 heavy (non-hydrogen) atoms. The Kier molecular flexibility index (Phi) is 5.81. The highest BCUT2D eigenvalue weighted by Crippen LogP contribution is 2.38. The van der Waals surface area contributed by atoms with Gasteiger partial charge in [0, 0.05) is 23.1 Å². The number of rotatable bonds is 6. The van der Waals surface area contributed by atoms with E-state index in [1.165, 1.54) is 4.90 Å². The summed E-state index contributed by atoms with van der Waals surface area (Å²) in [7, 11) is 0. The standard InChI is InChI=1S/C23H23N3O3S/c1-3-11-24-21(27)13-26-19-12-17(9-10-20(19)29-15(2)23(26)28)18-14-30-22(25-18)16-7-5-4-6-8-16/h4-10,12,14-15H,3,11,13H2,1-2H3,(H,24,27). The quantitative estimate of drug-likeness (QED) is 0.650. The minimum atomic E-state index is -0.633. The number of ether oxygens (including phenoxy) is 1. The lowest BCUT2D eigenvalue weighted by atomic mass is 10.1. The summed E-state index contributed by atoms with van der Waals surface area (Å²) in [5.41, 5.74) is 3.35. The number of thiazole rings is 1. The summed E-state index contributed by atoms with van der Waals surface area (Å²) in [5.74, 6) is 0.179. The van der Waals surface area contributed by atoms with Crippen LogP contribution in [-0.4, -0.2) is 36.0 Å². The van der Waals surface area contributed by atoms with Crippen molar-refractivity contribution in [2.75, 3.05) is 18.0 Å².